The smallest absolute Gasteiger partial charge is 0.228 e. The first-order chi connectivity index (χ1) is 12.4. The number of anilines is 1. The Morgan fingerprint density at radius 3 is 2.73 bits per heavy atom. The van der Waals surface area contributed by atoms with Crippen LogP contribution in [0.4, 0.5) is 10.1 Å². The van der Waals surface area contributed by atoms with E-state index in [0.717, 1.165) is 28.2 Å². The quantitative estimate of drug-likeness (QED) is 0.737. The van der Waals surface area contributed by atoms with Gasteiger partial charge in [-0.2, -0.15) is 0 Å². The molecule has 1 unspecified atom stereocenters. The number of hydrogen-bond donors (Lipinski definition) is 2. The summed E-state index contributed by atoms with van der Waals surface area (Å²) in [6.07, 6.45) is 0. The van der Waals surface area contributed by atoms with Gasteiger partial charge in [-0.05, 0) is 49.9 Å². The summed E-state index contributed by atoms with van der Waals surface area (Å²) in [6.45, 7) is 4.46. The fourth-order valence-corrected chi connectivity index (χ4v) is 3.03. The van der Waals surface area contributed by atoms with Crippen LogP contribution in [0.5, 0.6) is 0 Å². The van der Waals surface area contributed by atoms with Gasteiger partial charge in [-0.25, -0.2) is 9.37 Å². The number of fused-ring (bicyclic) bond motifs is 1. The van der Waals surface area contributed by atoms with Gasteiger partial charge < -0.3 is 15.2 Å². The van der Waals surface area contributed by atoms with Crippen molar-refractivity contribution in [3.8, 4) is 11.4 Å². The van der Waals surface area contributed by atoms with Crippen LogP contribution in [-0.2, 0) is 11.8 Å². The number of nitrogens with zero attached hydrogens (tertiary/aromatic N) is 2. The Bertz CT molecular complexity index is 964. The molecular formula is C20H23FN4O. The Hall–Kier alpha value is -2.73. The molecule has 26 heavy (non-hydrogen) atoms. The van der Waals surface area contributed by atoms with E-state index >= 15 is 0 Å². The molecule has 1 amide bonds. The largest absolute Gasteiger partial charge is 0.327 e. The number of halogens is 1. The molecule has 2 N–H and O–H groups in total. The second kappa shape index (κ2) is 7.25. The molecule has 3 aromatic rings. The molecular weight excluding hydrogens is 331 g/mol. The number of carbonyl (C=O) groups is 1. The van der Waals surface area contributed by atoms with Gasteiger partial charge in [0.2, 0.25) is 5.91 Å². The summed E-state index contributed by atoms with van der Waals surface area (Å²) in [6, 6.07) is 10.4. The number of carbonyl (C=O) groups excluding carboxylic acids is 1. The number of hydrogen-bond acceptors (Lipinski definition) is 3. The number of imidazole rings is 1. The fraction of sp³-hybridized carbons (Fsp3) is 0.300. The van der Waals surface area contributed by atoms with Crippen molar-refractivity contribution in [1.29, 1.82) is 0 Å². The van der Waals surface area contributed by atoms with Crippen LogP contribution in [0.15, 0.2) is 36.4 Å². The van der Waals surface area contributed by atoms with E-state index in [-0.39, 0.29) is 17.6 Å². The summed E-state index contributed by atoms with van der Waals surface area (Å²) in [5.74, 6) is 0.324. The van der Waals surface area contributed by atoms with Crippen molar-refractivity contribution < 1.29 is 9.18 Å². The standard InChI is InChI=1S/C20H23FN4O/c1-12-9-14(5-7-16(12)24-20(26)13(2)11-22-3)19-23-17-10-15(21)6-8-18(17)25(19)4/h5-10,13,22H,11H2,1-4H3,(H,24,26). The van der Waals surface area contributed by atoms with E-state index in [9.17, 15) is 9.18 Å². The first kappa shape index (κ1) is 18.1. The van der Waals surface area contributed by atoms with Crippen LogP contribution in [0.25, 0.3) is 22.4 Å². The molecule has 1 heterocycles. The van der Waals surface area contributed by atoms with Gasteiger partial charge in [0.1, 0.15) is 11.6 Å². The summed E-state index contributed by atoms with van der Waals surface area (Å²) in [7, 11) is 3.74. The maximum absolute atomic E-state index is 13.4. The molecule has 0 aliphatic rings. The van der Waals surface area contributed by atoms with Gasteiger partial charge in [0.25, 0.3) is 0 Å². The van der Waals surface area contributed by atoms with Gasteiger partial charge in [-0.15, -0.1) is 0 Å². The predicted octanol–water partition coefficient (Wildman–Crippen LogP) is 3.48. The summed E-state index contributed by atoms with van der Waals surface area (Å²) >= 11 is 0. The van der Waals surface area contributed by atoms with Crippen molar-refractivity contribution in [1.82, 2.24) is 14.9 Å². The van der Waals surface area contributed by atoms with Crippen LogP contribution in [0, 0.1) is 18.7 Å². The van der Waals surface area contributed by atoms with Crippen LogP contribution < -0.4 is 10.6 Å². The highest BCUT2D eigenvalue weighted by molar-refractivity contribution is 5.93. The minimum absolute atomic E-state index is 0.0200. The zero-order valence-electron chi connectivity index (χ0n) is 15.4. The van der Waals surface area contributed by atoms with Crippen molar-refractivity contribution in [2.75, 3.05) is 18.9 Å². The predicted molar refractivity (Wildman–Crippen MR) is 103 cm³/mol. The van der Waals surface area contributed by atoms with Gasteiger partial charge >= 0.3 is 0 Å². The lowest BCUT2D eigenvalue weighted by Crippen LogP contribution is -2.28. The van der Waals surface area contributed by atoms with E-state index in [2.05, 4.69) is 15.6 Å². The number of aryl methyl sites for hydroxylation is 2. The molecule has 0 bridgehead atoms. The molecule has 0 aliphatic carbocycles. The Labute approximate surface area is 152 Å². The highest BCUT2D eigenvalue weighted by Crippen LogP contribution is 2.27. The lowest BCUT2D eigenvalue weighted by atomic mass is 10.1. The minimum Gasteiger partial charge on any atom is -0.327 e. The topological polar surface area (TPSA) is 59.0 Å². The Morgan fingerprint density at radius 2 is 2.04 bits per heavy atom. The van der Waals surface area contributed by atoms with Gasteiger partial charge in [0, 0.05) is 36.8 Å². The Balaban J connectivity index is 1.90. The molecule has 0 aliphatic heterocycles. The third-order valence-corrected chi connectivity index (χ3v) is 4.54. The van der Waals surface area contributed by atoms with Crippen LogP contribution in [0.2, 0.25) is 0 Å². The molecule has 0 radical (unpaired) electrons. The maximum Gasteiger partial charge on any atom is 0.228 e. The zero-order chi connectivity index (χ0) is 18.8. The first-order valence-corrected chi connectivity index (χ1v) is 8.59. The monoisotopic (exact) mass is 354 g/mol. The molecule has 5 nitrogen and oxygen atoms in total. The molecule has 0 saturated heterocycles. The van der Waals surface area contributed by atoms with Crippen molar-refractivity contribution in [2.45, 2.75) is 13.8 Å². The summed E-state index contributed by atoms with van der Waals surface area (Å²) in [5.41, 5.74) is 4.15. The van der Waals surface area contributed by atoms with E-state index in [1.54, 1.807) is 6.07 Å². The molecule has 0 spiro atoms. The minimum atomic E-state index is -0.299. The molecule has 0 fully saturated rings. The molecule has 0 saturated carbocycles. The average molecular weight is 354 g/mol. The second-order valence-corrected chi connectivity index (χ2v) is 6.61. The number of benzene rings is 2. The van der Waals surface area contributed by atoms with Crippen molar-refractivity contribution in [3.63, 3.8) is 0 Å². The van der Waals surface area contributed by atoms with E-state index in [4.69, 9.17) is 0 Å². The van der Waals surface area contributed by atoms with Crippen molar-refractivity contribution in [2.24, 2.45) is 13.0 Å². The number of amides is 1. The van der Waals surface area contributed by atoms with Gasteiger partial charge in [0.15, 0.2) is 0 Å². The van der Waals surface area contributed by atoms with E-state index in [1.807, 2.05) is 50.7 Å². The lowest BCUT2D eigenvalue weighted by Gasteiger charge is -2.14. The van der Waals surface area contributed by atoms with Crippen LogP contribution >= 0.6 is 0 Å². The van der Waals surface area contributed by atoms with Gasteiger partial charge in [0.05, 0.1) is 11.0 Å². The third kappa shape index (κ3) is 3.46. The zero-order valence-corrected chi connectivity index (χ0v) is 15.4. The van der Waals surface area contributed by atoms with E-state index in [0.29, 0.717) is 12.1 Å². The summed E-state index contributed by atoms with van der Waals surface area (Å²) < 4.78 is 15.4. The molecule has 1 atom stereocenters. The van der Waals surface area contributed by atoms with Crippen molar-refractivity contribution in [3.05, 3.63) is 47.8 Å². The number of rotatable bonds is 5. The molecule has 136 valence electrons. The van der Waals surface area contributed by atoms with Gasteiger partial charge in [-0.3, -0.25) is 4.79 Å². The molecule has 1 aromatic heterocycles. The van der Waals surface area contributed by atoms with Gasteiger partial charge in [-0.1, -0.05) is 6.92 Å². The second-order valence-electron chi connectivity index (χ2n) is 6.61. The lowest BCUT2D eigenvalue weighted by molar-refractivity contribution is -0.119. The average Bonchev–Trinajstić information content (AvgIpc) is 2.92. The van der Waals surface area contributed by atoms with Crippen molar-refractivity contribution >= 4 is 22.6 Å². The molecule has 2 aromatic carbocycles. The molecule has 3 rings (SSSR count). The van der Waals surface area contributed by atoms with Crippen LogP contribution in [-0.4, -0.2) is 29.1 Å². The van der Waals surface area contributed by atoms with Crippen LogP contribution in [0.1, 0.15) is 12.5 Å². The fourth-order valence-electron chi connectivity index (χ4n) is 3.03. The number of aromatic nitrogens is 2. The third-order valence-electron chi connectivity index (χ3n) is 4.54. The Kier molecular flexibility index (Phi) is 5.04. The normalized spacial score (nSPS) is 12.3. The summed E-state index contributed by atoms with van der Waals surface area (Å²) in [5, 5.41) is 5.97. The number of nitrogens with one attached hydrogen (secondary N) is 2. The Morgan fingerprint density at radius 1 is 1.27 bits per heavy atom. The van der Waals surface area contributed by atoms with Crippen LogP contribution in [0.3, 0.4) is 0 Å². The maximum atomic E-state index is 13.4. The van der Waals surface area contributed by atoms with E-state index < -0.39 is 0 Å². The molecule has 6 heteroatoms. The highest BCUT2D eigenvalue weighted by Gasteiger charge is 2.15. The SMILES string of the molecule is CNCC(C)C(=O)Nc1ccc(-c2nc3cc(F)ccc3n2C)cc1C. The van der Waals surface area contributed by atoms with E-state index in [1.165, 1.54) is 12.1 Å². The first-order valence-electron chi connectivity index (χ1n) is 8.59. The summed E-state index contributed by atoms with van der Waals surface area (Å²) in [4.78, 5) is 16.8. The highest BCUT2D eigenvalue weighted by atomic mass is 19.1.